The van der Waals surface area contributed by atoms with Crippen LogP contribution in [0.5, 0.6) is 0 Å². The molecule has 6 nitrogen and oxygen atoms in total. The SMILES string of the molecule is NC(=O)C(O)C(O)c1cc(F)cc(C(=O)O)c1. The Morgan fingerprint density at radius 3 is 2.29 bits per heavy atom. The van der Waals surface area contributed by atoms with E-state index in [9.17, 15) is 24.2 Å². The van der Waals surface area contributed by atoms with E-state index in [1.54, 1.807) is 0 Å². The van der Waals surface area contributed by atoms with E-state index in [1.807, 2.05) is 0 Å². The topological polar surface area (TPSA) is 121 Å². The molecule has 1 rings (SSSR count). The van der Waals surface area contributed by atoms with Gasteiger partial charge in [0.1, 0.15) is 11.9 Å². The molecule has 1 amide bonds. The van der Waals surface area contributed by atoms with Crippen LogP contribution in [0, 0.1) is 5.82 Å². The number of benzene rings is 1. The summed E-state index contributed by atoms with van der Waals surface area (Å²) in [5, 5.41) is 27.3. The van der Waals surface area contributed by atoms with E-state index in [1.165, 1.54) is 0 Å². The molecule has 1 aromatic carbocycles. The third-order valence-corrected chi connectivity index (χ3v) is 2.10. The Hall–Kier alpha value is -1.99. The van der Waals surface area contributed by atoms with Gasteiger partial charge in [0.05, 0.1) is 5.56 Å². The number of hydrogen-bond acceptors (Lipinski definition) is 4. The molecule has 92 valence electrons. The predicted molar refractivity (Wildman–Crippen MR) is 53.5 cm³/mol. The Morgan fingerprint density at radius 1 is 1.24 bits per heavy atom. The summed E-state index contributed by atoms with van der Waals surface area (Å²) in [7, 11) is 0. The Kier molecular flexibility index (Phi) is 3.77. The number of carbonyl (C=O) groups excluding carboxylic acids is 1. The fourth-order valence-corrected chi connectivity index (χ4v) is 1.24. The minimum atomic E-state index is -1.93. The summed E-state index contributed by atoms with van der Waals surface area (Å²) in [6.45, 7) is 0. The molecule has 0 saturated heterocycles. The number of carboxylic acids is 1. The van der Waals surface area contributed by atoms with Gasteiger partial charge in [-0.05, 0) is 23.8 Å². The maximum atomic E-state index is 13.0. The lowest BCUT2D eigenvalue weighted by Crippen LogP contribution is -2.34. The Bertz CT molecular complexity index is 462. The zero-order valence-corrected chi connectivity index (χ0v) is 8.50. The first-order valence-electron chi connectivity index (χ1n) is 4.52. The van der Waals surface area contributed by atoms with Gasteiger partial charge in [-0.15, -0.1) is 0 Å². The van der Waals surface area contributed by atoms with E-state index in [-0.39, 0.29) is 5.56 Å². The highest BCUT2D eigenvalue weighted by atomic mass is 19.1. The normalized spacial score (nSPS) is 14.1. The third-order valence-electron chi connectivity index (χ3n) is 2.10. The predicted octanol–water partition coefficient (Wildman–Crippen LogP) is -0.597. The van der Waals surface area contributed by atoms with Gasteiger partial charge in [0, 0.05) is 0 Å². The molecule has 0 aliphatic carbocycles. The summed E-state index contributed by atoms with van der Waals surface area (Å²) in [5.74, 6) is -3.50. The number of aliphatic hydroxyl groups excluding tert-OH is 2. The van der Waals surface area contributed by atoms with Crippen LogP contribution >= 0.6 is 0 Å². The lowest BCUT2D eigenvalue weighted by Gasteiger charge is -2.15. The molecular weight excluding hydrogens is 233 g/mol. The first-order chi connectivity index (χ1) is 7.82. The van der Waals surface area contributed by atoms with Gasteiger partial charge in [-0.3, -0.25) is 4.79 Å². The summed E-state index contributed by atoms with van der Waals surface area (Å²) in [6, 6.07) is 2.50. The third kappa shape index (κ3) is 2.99. The minimum Gasteiger partial charge on any atom is -0.478 e. The highest BCUT2D eigenvalue weighted by molar-refractivity contribution is 5.88. The first kappa shape index (κ1) is 13.1. The molecule has 0 aromatic heterocycles. The van der Waals surface area contributed by atoms with Crippen LogP contribution in [0.2, 0.25) is 0 Å². The van der Waals surface area contributed by atoms with Gasteiger partial charge in [0.15, 0.2) is 6.10 Å². The van der Waals surface area contributed by atoms with Crippen molar-refractivity contribution < 1.29 is 29.3 Å². The van der Waals surface area contributed by atoms with E-state index in [0.717, 1.165) is 18.2 Å². The van der Waals surface area contributed by atoms with Gasteiger partial charge in [-0.25, -0.2) is 9.18 Å². The molecule has 0 bridgehead atoms. The Labute approximate surface area is 95.1 Å². The van der Waals surface area contributed by atoms with Crippen molar-refractivity contribution in [2.75, 3.05) is 0 Å². The van der Waals surface area contributed by atoms with Gasteiger partial charge in [0.2, 0.25) is 5.91 Å². The van der Waals surface area contributed by atoms with Crippen molar-refractivity contribution in [1.82, 2.24) is 0 Å². The average molecular weight is 243 g/mol. The molecule has 0 radical (unpaired) electrons. The van der Waals surface area contributed by atoms with Crippen LogP contribution in [0.4, 0.5) is 4.39 Å². The maximum absolute atomic E-state index is 13.0. The summed E-state index contributed by atoms with van der Waals surface area (Å²) in [5.41, 5.74) is 4.10. The number of nitrogens with two attached hydrogens (primary N) is 1. The minimum absolute atomic E-state index is 0.242. The van der Waals surface area contributed by atoms with Gasteiger partial charge in [-0.2, -0.15) is 0 Å². The molecular formula is C10H10FNO5. The summed E-state index contributed by atoms with van der Waals surface area (Å²) >= 11 is 0. The van der Waals surface area contributed by atoms with Crippen molar-refractivity contribution in [3.63, 3.8) is 0 Å². The smallest absolute Gasteiger partial charge is 0.335 e. The molecule has 7 heteroatoms. The van der Waals surface area contributed by atoms with Crippen molar-refractivity contribution in [3.05, 3.63) is 35.1 Å². The Balaban J connectivity index is 3.13. The van der Waals surface area contributed by atoms with Gasteiger partial charge >= 0.3 is 5.97 Å². The molecule has 1 aromatic rings. The van der Waals surface area contributed by atoms with Gasteiger partial charge in [0.25, 0.3) is 0 Å². The molecule has 2 unspecified atom stereocenters. The number of halogens is 1. The zero-order chi connectivity index (χ0) is 13.2. The second kappa shape index (κ2) is 4.89. The molecule has 0 heterocycles. The monoisotopic (exact) mass is 243 g/mol. The lowest BCUT2D eigenvalue weighted by molar-refractivity contribution is -0.131. The molecule has 0 fully saturated rings. The lowest BCUT2D eigenvalue weighted by atomic mass is 10.0. The molecule has 0 aliphatic rings. The summed E-state index contributed by atoms with van der Waals surface area (Å²) in [6.07, 6.45) is -3.71. The number of primary amides is 1. The average Bonchev–Trinajstić information content (AvgIpc) is 2.25. The fraction of sp³-hybridized carbons (Fsp3) is 0.200. The van der Waals surface area contributed by atoms with Crippen molar-refractivity contribution >= 4 is 11.9 Å². The second-order valence-electron chi connectivity index (χ2n) is 3.37. The molecule has 17 heavy (non-hydrogen) atoms. The van der Waals surface area contributed by atoms with Crippen LogP contribution < -0.4 is 5.73 Å². The summed E-state index contributed by atoms with van der Waals surface area (Å²) in [4.78, 5) is 21.2. The number of rotatable bonds is 4. The second-order valence-corrected chi connectivity index (χ2v) is 3.37. The van der Waals surface area contributed by atoms with E-state index in [0.29, 0.717) is 0 Å². The standard InChI is InChI=1S/C10H10FNO5/c11-6-2-4(1-5(3-6)10(16)17)7(13)8(14)9(12)15/h1-3,7-8,13-14H,(H2,12,15)(H,16,17). The first-order valence-corrected chi connectivity index (χ1v) is 4.52. The van der Waals surface area contributed by atoms with E-state index in [2.05, 4.69) is 0 Å². The zero-order valence-electron chi connectivity index (χ0n) is 8.50. The largest absolute Gasteiger partial charge is 0.478 e. The molecule has 0 aliphatic heterocycles. The number of carbonyl (C=O) groups is 2. The van der Waals surface area contributed by atoms with E-state index < -0.39 is 35.5 Å². The van der Waals surface area contributed by atoms with E-state index >= 15 is 0 Å². The van der Waals surface area contributed by atoms with Gasteiger partial charge < -0.3 is 21.1 Å². The number of hydrogen-bond donors (Lipinski definition) is 4. The van der Waals surface area contributed by atoms with Crippen LogP contribution in [0.25, 0.3) is 0 Å². The molecule has 2 atom stereocenters. The van der Waals surface area contributed by atoms with Crippen LogP contribution in [-0.2, 0) is 4.79 Å². The highest BCUT2D eigenvalue weighted by Crippen LogP contribution is 2.20. The fourth-order valence-electron chi connectivity index (χ4n) is 1.24. The molecule has 5 N–H and O–H groups in total. The maximum Gasteiger partial charge on any atom is 0.335 e. The number of carboxylic acid groups (broad SMARTS) is 1. The van der Waals surface area contributed by atoms with Crippen LogP contribution in [0.1, 0.15) is 22.0 Å². The van der Waals surface area contributed by atoms with Crippen molar-refractivity contribution in [2.45, 2.75) is 12.2 Å². The van der Waals surface area contributed by atoms with Crippen molar-refractivity contribution in [3.8, 4) is 0 Å². The molecule has 0 saturated carbocycles. The summed E-state index contributed by atoms with van der Waals surface area (Å²) < 4.78 is 13.0. The van der Waals surface area contributed by atoms with E-state index in [4.69, 9.17) is 10.8 Å². The number of aromatic carboxylic acids is 1. The number of aliphatic hydroxyl groups is 2. The van der Waals surface area contributed by atoms with Crippen molar-refractivity contribution in [2.24, 2.45) is 5.73 Å². The van der Waals surface area contributed by atoms with Crippen LogP contribution in [-0.4, -0.2) is 33.3 Å². The van der Waals surface area contributed by atoms with Crippen LogP contribution in [0.15, 0.2) is 18.2 Å². The highest BCUT2D eigenvalue weighted by Gasteiger charge is 2.24. The van der Waals surface area contributed by atoms with Crippen molar-refractivity contribution in [1.29, 1.82) is 0 Å². The quantitative estimate of drug-likeness (QED) is 0.562. The molecule has 0 spiro atoms. The number of amides is 1. The van der Waals surface area contributed by atoms with Gasteiger partial charge in [-0.1, -0.05) is 0 Å². The Morgan fingerprint density at radius 2 is 1.82 bits per heavy atom. The van der Waals surface area contributed by atoms with Crippen LogP contribution in [0.3, 0.4) is 0 Å².